The number of benzene rings is 1. The fourth-order valence-electron chi connectivity index (χ4n) is 2.94. The van der Waals surface area contributed by atoms with Crippen LogP contribution in [0.15, 0.2) is 23.8 Å². The first kappa shape index (κ1) is 13.9. The number of carbonyl (C=O) groups is 1. The van der Waals surface area contributed by atoms with Crippen LogP contribution >= 0.6 is 0 Å². The number of fused-ring (bicyclic) bond motifs is 2. The molecule has 0 aromatic heterocycles. The average Bonchev–Trinajstić information content (AvgIpc) is 2.62. The van der Waals surface area contributed by atoms with Gasteiger partial charge >= 0.3 is 0 Å². The Morgan fingerprint density at radius 2 is 1.90 bits per heavy atom. The van der Waals surface area contributed by atoms with Crippen LogP contribution in [0.3, 0.4) is 0 Å². The summed E-state index contributed by atoms with van der Waals surface area (Å²) >= 11 is 0. The Bertz CT molecular complexity index is 792. The summed E-state index contributed by atoms with van der Waals surface area (Å²) in [5.74, 6) is -0.369. The lowest BCUT2D eigenvalue weighted by Gasteiger charge is -2.19. The number of carbonyl (C=O) groups excluding carboxylic acids is 1. The summed E-state index contributed by atoms with van der Waals surface area (Å²) in [5, 5.41) is 10.9. The molecule has 0 spiro atoms. The maximum Gasteiger partial charge on any atom is 0.270 e. The summed E-state index contributed by atoms with van der Waals surface area (Å²) in [5.41, 5.74) is 1.25. The molecule has 1 heterocycles. The number of aryl methyl sites for hydroxylation is 1. The number of Topliss-reactive ketones (excluding diaryl/α,β-unsaturated/α-hetero) is 1. The fourth-order valence-corrected chi connectivity index (χ4v) is 4.72. The van der Waals surface area contributed by atoms with Gasteiger partial charge in [0.25, 0.3) is 5.69 Å². The predicted molar refractivity (Wildman–Crippen MR) is 76.4 cm³/mol. The number of hydrogen-bond donors (Lipinski definition) is 0. The Kier molecular flexibility index (Phi) is 3.16. The molecule has 1 aliphatic carbocycles. The van der Waals surface area contributed by atoms with Gasteiger partial charge < -0.3 is 0 Å². The number of sulfone groups is 1. The zero-order chi connectivity index (χ0) is 15.2. The van der Waals surface area contributed by atoms with Gasteiger partial charge in [-0.05, 0) is 24.8 Å². The highest BCUT2D eigenvalue weighted by molar-refractivity contribution is 8.00. The molecule has 0 saturated heterocycles. The van der Waals surface area contributed by atoms with Gasteiger partial charge in [-0.1, -0.05) is 6.07 Å². The second-order valence-corrected chi connectivity index (χ2v) is 7.30. The van der Waals surface area contributed by atoms with Crippen LogP contribution in [-0.4, -0.2) is 24.9 Å². The van der Waals surface area contributed by atoms with Gasteiger partial charge in [0.15, 0.2) is 15.6 Å². The van der Waals surface area contributed by atoms with Crippen molar-refractivity contribution < 1.29 is 18.1 Å². The third-order valence-electron chi connectivity index (χ3n) is 3.94. The van der Waals surface area contributed by atoms with Gasteiger partial charge in [0, 0.05) is 29.7 Å². The molecule has 0 bridgehead atoms. The predicted octanol–water partition coefficient (Wildman–Crippen LogP) is 2.03. The lowest BCUT2D eigenvalue weighted by atomic mass is 10.0. The SMILES string of the molecule is O=C1CCS(=O)(=O)C2=C1CCCc1ccc([N+](=O)[O-])cc12. The molecule has 1 aliphatic heterocycles. The van der Waals surface area contributed by atoms with E-state index < -0.39 is 14.8 Å². The van der Waals surface area contributed by atoms with Gasteiger partial charge in [0.2, 0.25) is 0 Å². The molecule has 110 valence electrons. The van der Waals surface area contributed by atoms with Crippen molar-refractivity contribution in [1.82, 2.24) is 0 Å². The normalized spacial score (nSPS) is 20.5. The molecule has 1 aromatic carbocycles. The van der Waals surface area contributed by atoms with Crippen LogP contribution < -0.4 is 0 Å². The van der Waals surface area contributed by atoms with Gasteiger partial charge in [0.1, 0.15) is 0 Å². The van der Waals surface area contributed by atoms with Crippen LogP contribution in [0.25, 0.3) is 4.91 Å². The molecule has 3 rings (SSSR count). The smallest absolute Gasteiger partial charge is 0.270 e. The molecule has 0 amide bonds. The van der Waals surface area contributed by atoms with Gasteiger partial charge in [-0.2, -0.15) is 0 Å². The third-order valence-corrected chi connectivity index (χ3v) is 5.77. The molecule has 7 heteroatoms. The zero-order valence-electron chi connectivity index (χ0n) is 11.2. The molecule has 0 saturated carbocycles. The second-order valence-electron chi connectivity index (χ2n) is 5.25. The summed E-state index contributed by atoms with van der Waals surface area (Å²) in [6.07, 6.45) is 1.70. The van der Waals surface area contributed by atoms with Crippen LogP contribution in [0.4, 0.5) is 5.69 Å². The number of non-ortho nitro benzene ring substituents is 1. The van der Waals surface area contributed by atoms with E-state index in [1.165, 1.54) is 12.1 Å². The van der Waals surface area contributed by atoms with E-state index in [0.29, 0.717) is 30.4 Å². The summed E-state index contributed by atoms with van der Waals surface area (Å²) < 4.78 is 24.8. The number of ketones is 1. The van der Waals surface area contributed by atoms with Crippen molar-refractivity contribution in [2.75, 3.05) is 5.75 Å². The van der Waals surface area contributed by atoms with Crippen molar-refractivity contribution in [2.24, 2.45) is 0 Å². The Morgan fingerprint density at radius 1 is 1.14 bits per heavy atom. The largest absolute Gasteiger partial charge is 0.294 e. The van der Waals surface area contributed by atoms with E-state index in [9.17, 15) is 23.3 Å². The van der Waals surface area contributed by atoms with Crippen molar-refractivity contribution in [1.29, 1.82) is 0 Å². The van der Waals surface area contributed by atoms with Gasteiger partial charge in [-0.25, -0.2) is 8.42 Å². The van der Waals surface area contributed by atoms with E-state index in [-0.39, 0.29) is 28.5 Å². The van der Waals surface area contributed by atoms with E-state index in [2.05, 4.69) is 0 Å². The molecular weight excluding hydrogens is 294 g/mol. The number of hydrogen-bond acceptors (Lipinski definition) is 5. The Hall–Kier alpha value is -2.02. The maximum absolute atomic E-state index is 12.4. The van der Waals surface area contributed by atoms with E-state index in [1.54, 1.807) is 6.07 Å². The topological polar surface area (TPSA) is 94.3 Å². The highest BCUT2D eigenvalue weighted by Gasteiger charge is 2.35. The first-order valence-corrected chi connectivity index (χ1v) is 8.32. The summed E-state index contributed by atoms with van der Waals surface area (Å²) in [4.78, 5) is 22.4. The molecule has 1 aromatic rings. The first-order valence-electron chi connectivity index (χ1n) is 6.67. The number of nitro benzene ring substituents is 1. The molecule has 0 atom stereocenters. The van der Waals surface area contributed by atoms with Gasteiger partial charge in [0.05, 0.1) is 15.6 Å². The molecule has 2 aliphatic rings. The molecular formula is C14H13NO5S. The quantitative estimate of drug-likeness (QED) is 0.584. The number of allylic oxidation sites excluding steroid dienone is 1. The summed E-state index contributed by atoms with van der Waals surface area (Å²) in [7, 11) is -3.56. The van der Waals surface area contributed by atoms with Crippen LogP contribution in [0.5, 0.6) is 0 Å². The second kappa shape index (κ2) is 4.77. The van der Waals surface area contributed by atoms with Crippen LogP contribution in [0.1, 0.15) is 30.4 Å². The Labute approximate surface area is 121 Å². The Morgan fingerprint density at radius 3 is 2.62 bits per heavy atom. The number of rotatable bonds is 1. The van der Waals surface area contributed by atoms with Crippen molar-refractivity contribution >= 4 is 26.2 Å². The van der Waals surface area contributed by atoms with Gasteiger partial charge in [-0.15, -0.1) is 0 Å². The monoisotopic (exact) mass is 307 g/mol. The van der Waals surface area contributed by atoms with Crippen LogP contribution in [-0.2, 0) is 21.1 Å². The third kappa shape index (κ3) is 2.27. The standard InChI is InChI=1S/C14H13NO5S/c16-13-6-7-21(19,20)14-11(13)3-1-2-9-4-5-10(15(17)18)8-12(9)14/h4-5,8H,1-3,6-7H2. The molecule has 21 heavy (non-hydrogen) atoms. The minimum Gasteiger partial charge on any atom is -0.294 e. The molecule has 6 nitrogen and oxygen atoms in total. The highest BCUT2D eigenvalue weighted by atomic mass is 32.2. The zero-order valence-corrected chi connectivity index (χ0v) is 12.0. The highest BCUT2D eigenvalue weighted by Crippen LogP contribution is 2.39. The fraction of sp³-hybridized carbons (Fsp3) is 0.357. The molecule has 0 fully saturated rings. The first-order chi connectivity index (χ1) is 9.90. The number of nitro groups is 1. The maximum atomic E-state index is 12.4. The van der Waals surface area contributed by atoms with Crippen molar-refractivity contribution in [3.8, 4) is 0 Å². The number of nitrogens with zero attached hydrogens (tertiary/aromatic N) is 1. The van der Waals surface area contributed by atoms with Crippen molar-refractivity contribution in [3.05, 3.63) is 45.0 Å². The van der Waals surface area contributed by atoms with E-state index in [0.717, 1.165) is 5.56 Å². The average molecular weight is 307 g/mol. The lowest BCUT2D eigenvalue weighted by molar-refractivity contribution is -0.384. The molecule has 0 unspecified atom stereocenters. The summed E-state index contributed by atoms with van der Waals surface area (Å²) in [6, 6.07) is 4.26. The van der Waals surface area contributed by atoms with E-state index in [4.69, 9.17) is 0 Å². The van der Waals surface area contributed by atoms with Crippen LogP contribution in [0, 0.1) is 10.1 Å². The van der Waals surface area contributed by atoms with Gasteiger partial charge in [-0.3, -0.25) is 14.9 Å². The molecule has 0 N–H and O–H groups in total. The van der Waals surface area contributed by atoms with Crippen LogP contribution in [0.2, 0.25) is 0 Å². The van der Waals surface area contributed by atoms with E-state index >= 15 is 0 Å². The van der Waals surface area contributed by atoms with Crippen molar-refractivity contribution in [3.63, 3.8) is 0 Å². The molecule has 0 radical (unpaired) electrons. The minimum atomic E-state index is -3.56. The van der Waals surface area contributed by atoms with E-state index in [1.807, 2.05) is 0 Å². The lowest BCUT2D eigenvalue weighted by Crippen LogP contribution is -2.22. The van der Waals surface area contributed by atoms with Crippen molar-refractivity contribution in [2.45, 2.75) is 25.7 Å². The minimum absolute atomic E-state index is 0.00538. The Balaban J connectivity index is 2.33. The summed E-state index contributed by atoms with van der Waals surface area (Å²) in [6.45, 7) is 0.